The number of ether oxygens (including phenoxy) is 2. The molecule has 34 heavy (non-hydrogen) atoms. The molecule has 0 saturated carbocycles. The lowest BCUT2D eigenvalue weighted by atomic mass is 9.99. The number of aromatic nitrogens is 3. The van der Waals surface area contributed by atoms with Crippen LogP contribution in [0.4, 0.5) is 13.2 Å². The van der Waals surface area contributed by atoms with Gasteiger partial charge >= 0.3 is 6.18 Å². The molecular formula is C23H21F3N4O4. The molecule has 5 rings (SSSR count). The van der Waals surface area contributed by atoms with Gasteiger partial charge in [-0.3, -0.25) is 14.5 Å². The average molecular weight is 474 g/mol. The van der Waals surface area contributed by atoms with E-state index in [4.69, 9.17) is 9.47 Å². The highest BCUT2D eigenvalue weighted by Gasteiger charge is 2.33. The van der Waals surface area contributed by atoms with Crippen LogP contribution in [0.3, 0.4) is 0 Å². The molecule has 2 N–H and O–H groups in total. The SMILES string of the molecule is O=C(N[C@H]1COc2ccc(C(F)(F)F)cc2C1)c1nn2c(c1-c1cccc(CO)n1)COCC2. The fourth-order valence-corrected chi connectivity index (χ4v) is 4.20. The Morgan fingerprint density at radius 2 is 2.12 bits per heavy atom. The van der Waals surface area contributed by atoms with Gasteiger partial charge in [0.15, 0.2) is 5.69 Å². The van der Waals surface area contributed by atoms with E-state index in [-0.39, 0.29) is 31.9 Å². The second kappa shape index (κ2) is 8.73. The van der Waals surface area contributed by atoms with Crippen molar-refractivity contribution >= 4 is 5.91 Å². The molecule has 2 aliphatic rings. The molecule has 8 nitrogen and oxygen atoms in total. The van der Waals surface area contributed by atoms with Gasteiger partial charge in [0.25, 0.3) is 5.91 Å². The molecule has 1 atom stereocenters. The highest BCUT2D eigenvalue weighted by atomic mass is 19.4. The smallest absolute Gasteiger partial charge is 0.416 e. The molecule has 1 amide bonds. The van der Waals surface area contributed by atoms with E-state index in [1.807, 2.05) is 0 Å². The van der Waals surface area contributed by atoms with E-state index < -0.39 is 23.7 Å². The van der Waals surface area contributed by atoms with Gasteiger partial charge in [-0.15, -0.1) is 0 Å². The zero-order chi connectivity index (χ0) is 23.9. The largest absolute Gasteiger partial charge is 0.491 e. The lowest BCUT2D eigenvalue weighted by molar-refractivity contribution is -0.137. The van der Waals surface area contributed by atoms with Crippen molar-refractivity contribution in [3.8, 4) is 17.0 Å². The summed E-state index contributed by atoms with van der Waals surface area (Å²) in [5.41, 5.74) is 1.87. The Morgan fingerprint density at radius 1 is 1.26 bits per heavy atom. The summed E-state index contributed by atoms with van der Waals surface area (Å²) in [5.74, 6) is -0.115. The molecule has 11 heteroatoms. The number of rotatable bonds is 4. The van der Waals surface area contributed by atoms with Gasteiger partial charge in [-0.2, -0.15) is 18.3 Å². The van der Waals surface area contributed by atoms with Crippen molar-refractivity contribution < 1.29 is 32.5 Å². The predicted octanol–water partition coefficient (Wildman–Crippen LogP) is 2.72. The number of aliphatic hydroxyl groups excluding tert-OH is 1. The minimum atomic E-state index is -4.46. The molecular weight excluding hydrogens is 453 g/mol. The fraction of sp³-hybridized carbons (Fsp3) is 0.348. The number of benzene rings is 1. The minimum Gasteiger partial charge on any atom is -0.491 e. The number of nitrogens with zero attached hydrogens (tertiary/aromatic N) is 3. The van der Waals surface area contributed by atoms with Crippen molar-refractivity contribution in [1.29, 1.82) is 0 Å². The third-order valence-corrected chi connectivity index (χ3v) is 5.81. The van der Waals surface area contributed by atoms with Gasteiger partial charge in [-0.25, -0.2) is 0 Å². The van der Waals surface area contributed by atoms with Gasteiger partial charge in [0.05, 0.1) is 60.6 Å². The normalized spacial score (nSPS) is 17.5. The summed E-state index contributed by atoms with van der Waals surface area (Å²) in [6.45, 7) is 1.03. The Balaban J connectivity index is 1.43. The van der Waals surface area contributed by atoms with Crippen molar-refractivity contribution in [3.63, 3.8) is 0 Å². The van der Waals surface area contributed by atoms with Crippen LogP contribution >= 0.6 is 0 Å². The van der Waals surface area contributed by atoms with Gasteiger partial charge in [-0.1, -0.05) is 6.07 Å². The Morgan fingerprint density at radius 3 is 2.91 bits per heavy atom. The number of fused-ring (bicyclic) bond motifs is 2. The fourth-order valence-electron chi connectivity index (χ4n) is 4.20. The Labute approximate surface area is 192 Å². The van der Waals surface area contributed by atoms with E-state index in [1.165, 1.54) is 6.07 Å². The second-order valence-corrected chi connectivity index (χ2v) is 8.12. The van der Waals surface area contributed by atoms with E-state index in [0.29, 0.717) is 47.1 Å². The van der Waals surface area contributed by atoms with Crippen LogP contribution in [0.1, 0.15) is 33.0 Å². The van der Waals surface area contributed by atoms with Crippen molar-refractivity contribution in [2.45, 2.75) is 38.4 Å². The van der Waals surface area contributed by atoms with E-state index in [9.17, 15) is 23.1 Å². The number of hydrogen-bond donors (Lipinski definition) is 2. The van der Waals surface area contributed by atoms with Crippen LogP contribution in [0.5, 0.6) is 5.75 Å². The average Bonchev–Trinajstić information content (AvgIpc) is 3.23. The van der Waals surface area contributed by atoms with Crippen molar-refractivity contribution in [1.82, 2.24) is 20.1 Å². The molecule has 0 saturated heterocycles. The first-order valence-corrected chi connectivity index (χ1v) is 10.7. The summed E-state index contributed by atoms with van der Waals surface area (Å²) in [6, 6.07) is 7.92. The molecule has 1 aromatic carbocycles. The summed E-state index contributed by atoms with van der Waals surface area (Å²) in [5, 5.41) is 16.8. The molecule has 0 bridgehead atoms. The molecule has 0 spiro atoms. The number of carbonyl (C=O) groups excluding carboxylic acids is 1. The van der Waals surface area contributed by atoms with Crippen LogP contribution < -0.4 is 10.1 Å². The van der Waals surface area contributed by atoms with Gasteiger partial charge in [0, 0.05) is 0 Å². The summed E-state index contributed by atoms with van der Waals surface area (Å²) in [6.07, 6.45) is -4.27. The van der Waals surface area contributed by atoms with Crippen LogP contribution in [0.15, 0.2) is 36.4 Å². The van der Waals surface area contributed by atoms with Crippen molar-refractivity contribution in [3.05, 3.63) is 64.6 Å². The first-order chi connectivity index (χ1) is 16.3. The number of halogens is 3. The second-order valence-electron chi connectivity index (χ2n) is 8.12. The first-order valence-electron chi connectivity index (χ1n) is 10.7. The molecule has 0 aliphatic carbocycles. The quantitative estimate of drug-likeness (QED) is 0.604. The highest BCUT2D eigenvalue weighted by molar-refractivity contribution is 5.99. The maximum Gasteiger partial charge on any atom is 0.416 e. The van der Waals surface area contributed by atoms with Crippen molar-refractivity contribution in [2.75, 3.05) is 13.2 Å². The first kappa shape index (κ1) is 22.4. The molecule has 4 heterocycles. The topological polar surface area (TPSA) is 98.5 Å². The number of alkyl halides is 3. The summed E-state index contributed by atoms with van der Waals surface area (Å²) in [4.78, 5) is 17.7. The maximum atomic E-state index is 13.3. The highest BCUT2D eigenvalue weighted by Crippen LogP contribution is 2.35. The summed E-state index contributed by atoms with van der Waals surface area (Å²) >= 11 is 0. The van der Waals surface area contributed by atoms with Gasteiger partial charge < -0.3 is 19.9 Å². The third-order valence-electron chi connectivity index (χ3n) is 5.81. The summed E-state index contributed by atoms with van der Waals surface area (Å²) < 4.78 is 52.2. The molecule has 0 fully saturated rings. The lowest BCUT2D eigenvalue weighted by Gasteiger charge is -2.26. The van der Waals surface area contributed by atoms with Gasteiger partial charge in [-0.05, 0) is 42.3 Å². The van der Waals surface area contributed by atoms with E-state index in [1.54, 1.807) is 22.9 Å². The number of pyridine rings is 1. The number of aliphatic hydroxyl groups is 1. The Kier molecular flexibility index (Phi) is 5.74. The zero-order valence-corrected chi connectivity index (χ0v) is 17.9. The van der Waals surface area contributed by atoms with E-state index in [2.05, 4.69) is 15.4 Å². The number of amides is 1. The Hall–Kier alpha value is -3.44. The standard InChI is InChI=1S/C23H21F3N4O4/c24-23(25,26)14-4-5-19-13(8-14)9-16(11-34-19)28-22(32)21-20(17-3-1-2-15(10-31)27-17)18-12-33-7-6-30(18)29-21/h1-5,8,16,31H,6-7,9-12H2,(H,28,32)/t16-/m1/s1. The number of carbonyl (C=O) groups is 1. The number of hydrogen-bond acceptors (Lipinski definition) is 6. The molecule has 0 unspecified atom stereocenters. The zero-order valence-electron chi connectivity index (χ0n) is 17.9. The lowest BCUT2D eigenvalue weighted by Crippen LogP contribution is -2.43. The molecule has 0 radical (unpaired) electrons. The van der Waals surface area contributed by atoms with Gasteiger partial charge in [0.1, 0.15) is 12.4 Å². The van der Waals surface area contributed by atoms with Crippen LogP contribution in [0.25, 0.3) is 11.3 Å². The van der Waals surface area contributed by atoms with Gasteiger partial charge in [0.2, 0.25) is 0 Å². The monoisotopic (exact) mass is 474 g/mol. The van der Waals surface area contributed by atoms with Crippen LogP contribution in [0, 0.1) is 0 Å². The third kappa shape index (κ3) is 4.24. The van der Waals surface area contributed by atoms with E-state index >= 15 is 0 Å². The van der Waals surface area contributed by atoms with Crippen LogP contribution in [-0.4, -0.2) is 45.0 Å². The molecule has 2 aliphatic heterocycles. The molecule has 2 aromatic heterocycles. The van der Waals surface area contributed by atoms with E-state index in [0.717, 1.165) is 12.1 Å². The maximum absolute atomic E-state index is 13.3. The minimum absolute atomic E-state index is 0.119. The predicted molar refractivity (Wildman–Crippen MR) is 113 cm³/mol. The van der Waals surface area contributed by atoms with Crippen LogP contribution in [-0.2, 0) is 37.1 Å². The number of nitrogens with one attached hydrogen (secondary N) is 1. The summed E-state index contributed by atoms with van der Waals surface area (Å²) in [7, 11) is 0. The van der Waals surface area contributed by atoms with Crippen molar-refractivity contribution in [2.24, 2.45) is 0 Å². The molecule has 3 aromatic rings. The molecule has 178 valence electrons. The Bertz CT molecular complexity index is 1240. The van der Waals surface area contributed by atoms with Crippen LogP contribution in [0.2, 0.25) is 0 Å².